The van der Waals surface area contributed by atoms with Gasteiger partial charge in [0.15, 0.2) is 0 Å². The van der Waals surface area contributed by atoms with E-state index in [2.05, 4.69) is 4.98 Å². The van der Waals surface area contributed by atoms with Crippen LogP contribution in [0.25, 0.3) is 0 Å². The predicted molar refractivity (Wildman–Crippen MR) is 71.7 cm³/mol. The van der Waals surface area contributed by atoms with Gasteiger partial charge in [0.1, 0.15) is 0 Å². The molecule has 3 rings (SSSR count). The Morgan fingerprint density at radius 1 is 1.47 bits per heavy atom. The Kier molecular flexibility index (Phi) is 3.26. The van der Waals surface area contributed by atoms with E-state index < -0.39 is 0 Å². The van der Waals surface area contributed by atoms with E-state index in [4.69, 9.17) is 5.73 Å². The van der Waals surface area contributed by atoms with E-state index in [0.717, 1.165) is 24.3 Å². The molecule has 102 valence electrons. The SMILES string of the molecule is NC(=O)C1CC(=O)N(CCc2nc3c(s2)CCC3)C1. The fourth-order valence-electron chi connectivity index (χ4n) is 2.76. The van der Waals surface area contributed by atoms with Crippen LogP contribution in [-0.2, 0) is 28.9 Å². The molecule has 0 bridgehead atoms. The van der Waals surface area contributed by atoms with Gasteiger partial charge in [-0.05, 0) is 19.3 Å². The minimum absolute atomic E-state index is 0.0351. The molecule has 2 heterocycles. The monoisotopic (exact) mass is 279 g/mol. The zero-order valence-corrected chi connectivity index (χ0v) is 11.5. The molecule has 0 spiro atoms. The van der Waals surface area contributed by atoms with Crippen LogP contribution in [0.5, 0.6) is 0 Å². The molecule has 1 aromatic rings. The highest BCUT2D eigenvalue weighted by Gasteiger charge is 2.32. The van der Waals surface area contributed by atoms with Crippen molar-refractivity contribution in [1.29, 1.82) is 0 Å². The minimum atomic E-state index is -0.371. The fourth-order valence-corrected chi connectivity index (χ4v) is 3.91. The van der Waals surface area contributed by atoms with Crippen LogP contribution in [0.1, 0.15) is 28.4 Å². The molecular formula is C13H17N3O2S. The van der Waals surface area contributed by atoms with Crippen LogP contribution in [0.3, 0.4) is 0 Å². The van der Waals surface area contributed by atoms with Crippen molar-refractivity contribution < 1.29 is 9.59 Å². The second-order valence-electron chi connectivity index (χ2n) is 5.22. The highest BCUT2D eigenvalue weighted by molar-refractivity contribution is 7.11. The summed E-state index contributed by atoms with van der Waals surface area (Å²) in [5.74, 6) is -0.647. The third-order valence-corrected chi connectivity index (χ3v) is 5.07. The number of amides is 2. The van der Waals surface area contributed by atoms with E-state index in [-0.39, 0.29) is 24.2 Å². The number of thiazole rings is 1. The first kappa shape index (κ1) is 12.6. The summed E-state index contributed by atoms with van der Waals surface area (Å²) in [4.78, 5) is 30.6. The second-order valence-corrected chi connectivity index (χ2v) is 6.39. The number of nitrogens with two attached hydrogens (primary N) is 1. The Balaban J connectivity index is 1.57. The number of likely N-dealkylation sites (tertiary alicyclic amines) is 1. The Hall–Kier alpha value is -1.43. The number of rotatable bonds is 4. The summed E-state index contributed by atoms with van der Waals surface area (Å²) in [5.41, 5.74) is 6.50. The highest BCUT2D eigenvalue weighted by atomic mass is 32.1. The summed E-state index contributed by atoms with van der Waals surface area (Å²) in [5, 5.41) is 1.11. The molecule has 19 heavy (non-hydrogen) atoms. The lowest BCUT2D eigenvalue weighted by molar-refractivity contribution is -0.128. The Bertz CT molecular complexity index is 504. The van der Waals surface area contributed by atoms with Gasteiger partial charge in [-0.3, -0.25) is 9.59 Å². The zero-order chi connectivity index (χ0) is 13.4. The van der Waals surface area contributed by atoms with Gasteiger partial charge in [-0.1, -0.05) is 0 Å². The first-order valence-electron chi connectivity index (χ1n) is 6.68. The maximum Gasteiger partial charge on any atom is 0.223 e. The number of aryl methyl sites for hydroxylation is 2. The van der Waals surface area contributed by atoms with E-state index in [1.165, 1.54) is 17.0 Å². The summed E-state index contributed by atoms with van der Waals surface area (Å²) in [6, 6.07) is 0. The third kappa shape index (κ3) is 2.49. The van der Waals surface area contributed by atoms with Crippen molar-refractivity contribution in [1.82, 2.24) is 9.88 Å². The van der Waals surface area contributed by atoms with Crippen LogP contribution in [0, 0.1) is 5.92 Å². The van der Waals surface area contributed by atoms with Gasteiger partial charge in [0.2, 0.25) is 11.8 Å². The normalized spacial score (nSPS) is 22.0. The average molecular weight is 279 g/mol. The Labute approximate surface area is 115 Å². The van der Waals surface area contributed by atoms with Crippen LogP contribution in [0.2, 0.25) is 0 Å². The second kappa shape index (κ2) is 4.92. The summed E-state index contributed by atoms with van der Waals surface area (Å²) >= 11 is 1.77. The first-order valence-corrected chi connectivity index (χ1v) is 7.49. The lowest BCUT2D eigenvalue weighted by Crippen LogP contribution is -2.30. The third-order valence-electron chi connectivity index (χ3n) is 3.85. The van der Waals surface area contributed by atoms with Crippen molar-refractivity contribution in [3.8, 4) is 0 Å². The molecule has 2 amide bonds. The smallest absolute Gasteiger partial charge is 0.223 e. The summed E-state index contributed by atoms with van der Waals surface area (Å²) in [6.07, 6.45) is 4.52. The number of hydrogen-bond acceptors (Lipinski definition) is 4. The molecular weight excluding hydrogens is 262 g/mol. The number of carbonyl (C=O) groups is 2. The average Bonchev–Trinajstić information content (AvgIpc) is 3.00. The molecule has 1 unspecified atom stereocenters. The molecule has 1 aliphatic carbocycles. The molecule has 6 heteroatoms. The van der Waals surface area contributed by atoms with Crippen molar-refractivity contribution in [3.63, 3.8) is 0 Å². The van der Waals surface area contributed by atoms with Gasteiger partial charge in [-0.2, -0.15) is 0 Å². The molecule has 1 saturated heterocycles. The predicted octanol–water partition coefficient (Wildman–Crippen LogP) is 0.508. The van der Waals surface area contributed by atoms with E-state index in [1.54, 1.807) is 16.2 Å². The quantitative estimate of drug-likeness (QED) is 0.872. The minimum Gasteiger partial charge on any atom is -0.369 e. The standard InChI is InChI=1S/C13H17N3O2S/c14-13(18)8-6-12(17)16(7-8)5-4-11-15-9-2-1-3-10(9)19-11/h8H,1-7H2,(H2,14,18). The van der Waals surface area contributed by atoms with E-state index in [9.17, 15) is 9.59 Å². The molecule has 1 aliphatic heterocycles. The van der Waals surface area contributed by atoms with Crippen LogP contribution >= 0.6 is 11.3 Å². The molecule has 2 aliphatic rings. The van der Waals surface area contributed by atoms with Crippen molar-refractivity contribution in [2.24, 2.45) is 11.7 Å². The number of nitrogens with zero attached hydrogens (tertiary/aromatic N) is 2. The van der Waals surface area contributed by atoms with Crippen LogP contribution < -0.4 is 5.73 Å². The largest absolute Gasteiger partial charge is 0.369 e. The zero-order valence-electron chi connectivity index (χ0n) is 10.7. The molecule has 5 nitrogen and oxygen atoms in total. The summed E-state index contributed by atoms with van der Waals surface area (Å²) in [6.45, 7) is 1.12. The topological polar surface area (TPSA) is 76.3 Å². The van der Waals surface area contributed by atoms with Crippen molar-refractivity contribution in [2.75, 3.05) is 13.1 Å². The molecule has 0 radical (unpaired) electrons. The van der Waals surface area contributed by atoms with Crippen LogP contribution in [0.4, 0.5) is 0 Å². The van der Waals surface area contributed by atoms with E-state index in [0.29, 0.717) is 13.1 Å². The summed E-state index contributed by atoms with van der Waals surface area (Å²) in [7, 11) is 0. The van der Waals surface area contributed by atoms with Gasteiger partial charge in [0, 0.05) is 30.8 Å². The molecule has 0 saturated carbocycles. The van der Waals surface area contributed by atoms with Gasteiger partial charge in [-0.25, -0.2) is 4.98 Å². The highest BCUT2D eigenvalue weighted by Crippen LogP contribution is 2.28. The van der Waals surface area contributed by atoms with Gasteiger partial charge in [0.25, 0.3) is 0 Å². The van der Waals surface area contributed by atoms with Gasteiger partial charge in [-0.15, -0.1) is 11.3 Å². The van der Waals surface area contributed by atoms with Gasteiger partial charge >= 0.3 is 0 Å². The van der Waals surface area contributed by atoms with Crippen LogP contribution in [0.15, 0.2) is 0 Å². The lowest BCUT2D eigenvalue weighted by atomic mass is 10.1. The number of hydrogen-bond donors (Lipinski definition) is 1. The summed E-state index contributed by atoms with van der Waals surface area (Å²) < 4.78 is 0. The molecule has 0 aromatic carbocycles. The number of fused-ring (bicyclic) bond motifs is 1. The van der Waals surface area contributed by atoms with Crippen molar-refractivity contribution in [2.45, 2.75) is 32.1 Å². The van der Waals surface area contributed by atoms with E-state index in [1.807, 2.05) is 0 Å². The van der Waals surface area contributed by atoms with Gasteiger partial charge in [0.05, 0.1) is 16.6 Å². The molecule has 1 fully saturated rings. The number of carbonyl (C=O) groups excluding carboxylic acids is 2. The van der Waals surface area contributed by atoms with E-state index >= 15 is 0 Å². The Morgan fingerprint density at radius 2 is 2.32 bits per heavy atom. The molecule has 1 atom stereocenters. The van der Waals surface area contributed by atoms with Crippen LogP contribution in [-0.4, -0.2) is 34.8 Å². The fraction of sp³-hybridized carbons (Fsp3) is 0.615. The van der Waals surface area contributed by atoms with Crippen molar-refractivity contribution in [3.05, 3.63) is 15.6 Å². The molecule has 2 N–H and O–H groups in total. The lowest BCUT2D eigenvalue weighted by Gasteiger charge is -2.14. The number of aromatic nitrogens is 1. The Morgan fingerprint density at radius 3 is 3.00 bits per heavy atom. The maximum absolute atomic E-state index is 11.8. The first-order chi connectivity index (χ1) is 9.13. The maximum atomic E-state index is 11.8. The van der Waals surface area contributed by atoms with Crippen molar-refractivity contribution >= 4 is 23.2 Å². The van der Waals surface area contributed by atoms with Gasteiger partial charge < -0.3 is 10.6 Å². The molecule has 1 aromatic heterocycles. The number of primary amides is 1.